The molecular formula is C52H95N5O22. The average Bonchev–Trinajstić information content (AvgIpc) is 3.44. The highest BCUT2D eigenvalue weighted by Gasteiger charge is 2.44. The number of amides is 5. The Hall–Kier alpha value is -3.33. The zero-order valence-corrected chi connectivity index (χ0v) is 46.6. The van der Waals surface area contributed by atoms with E-state index in [0.717, 1.165) is 0 Å². The first-order chi connectivity index (χ1) is 37.9. The van der Waals surface area contributed by atoms with Crippen molar-refractivity contribution < 1.29 is 108 Å². The summed E-state index contributed by atoms with van der Waals surface area (Å²) >= 11 is 0. The molecule has 3 heterocycles. The van der Waals surface area contributed by atoms with Gasteiger partial charge in [0.15, 0.2) is 18.9 Å². The van der Waals surface area contributed by atoms with Crippen LogP contribution in [0.5, 0.6) is 0 Å². The fourth-order valence-corrected chi connectivity index (χ4v) is 9.11. The van der Waals surface area contributed by atoms with Gasteiger partial charge < -0.3 is 110 Å². The highest BCUT2D eigenvalue weighted by Crippen LogP contribution is 2.29. The van der Waals surface area contributed by atoms with E-state index in [-0.39, 0.29) is 109 Å². The first-order valence-electron chi connectivity index (χ1n) is 28.1. The summed E-state index contributed by atoms with van der Waals surface area (Å²) < 4.78 is 44.5. The summed E-state index contributed by atoms with van der Waals surface area (Å²) in [6, 6.07) is -1.01. The van der Waals surface area contributed by atoms with Crippen molar-refractivity contribution in [3.05, 3.63) is 0 Å². The molecule has 0 spiro atoms. The summed E-state index contributed by atoms with van der Waals surface area (Å²) in [4.78, 5) is 67.7. The van der Waals surface area contributed by atoms with Gasteiger partial charge >= 0.3 is 0 Å². The van der Waals surface area contributed by atoms with Crippen LogP contribution >= 0.6 is 0 Å². The summed E-state index contributed by atoms with van der Waals surface area (Å²) in [5.41, 5.74) is 0. The van der Waals surface area contributed by atoms with E-state index in [2.05, 4.69) is 21.3 Å². The molecule has 13 N–H and O–H groups in total. The maximum absolute atomic E-state index is 14.4. The van der Waals surface area contributed by atoms with Gasteiger partial charge in [0.1, 0.15) is 42.7 Å². The number of hydrogen-bond donors (Lipinski definition) is 13. The van der Waals surface area contributed by atoms with Gasteiger partial charge in [0.25, 0.3) is 0 Å². The second-order valence-corrected chi connectivity index (χ2v) is 20.5. The maximum Gasteiger partial charge on any atom is 0.245 e. The van der Waals surface area contributed by atoms with E-state index in [1.807, 2.05) is 0 Å². The third-order valence-corrected chi connectivity index (χ3v) is 14.3. The maximum atomic E-state index is 14.4. The molecule has 16 unspecified atom stereocenters. The van der Waals surface area contributed by atoms with Gasteiger partial charge in [0.05, 0.1) is 58.0 Å². The van der Waals surface area contributed by atoms with Crippen molar-refractivity contribution in [3.8, 4) is 0 Å². The largest absolute Gasteiger partial charge is 0.394 e. The van der Waals surface area contributed by atoms with Crippen LogP contribution in [0.2, 0.25) is 0 Å². The minimum atomic E-state index is -1.25. The van der Waals surface area contributed by atoms with Crippen molar-refractivity contribution in [1.82, 2.24) is 26.2 Å². The van der Waals surface area contributed by atoms with E-state index in [4.69, 9.17) is 37.9 Å². The molecule has 3 aliphatic rings. The van der Waals surface area contributed by atoms with Crippen LogP contribution in [0.25, 0.3) is 0 Å². The quantitative estimate of drug-likeness (QED) is 0.0267. The average molecular weight is 1140 g/mol. The van der Waals surface area contributed by atoms with E-state index in [1.165, 1.54) is 12.0 Å². The third-order valence-electron chi connectivity index (χ3n) is 14.3. The van der Waals surface area contributed by atoms with Crippen molar-refractivity contribution >= 4 is 29.5 Å². The summed E-state index contributed by atoms with van der Waals surface area (Å²) in [5.74, 6) is -3.34. The Morgan fingerprint density at radius 2 is 0.861 bits per heavy atom. The number of carbonyl (C=O) groups excluding carboxylic acids is 5. The van der Waals surface area contributed by atoms with E-state index < -0.39 is 129 Å². The van der Waals surface area contributed by atoms with Crippen molar-refractivity contribution in [3.63, 3.8) is 0 Å². The van der Waals surface area contributed by atoms with Gasteiger partial charge in [-0.3, -0.25) is 24.0 Å². The number of rotatable bonds is 40. The molecule has 79 heavy (non-hydrogen) atoms. The van der Waals surface area contributed by atoms with Gasteiger partial charge in [-0.05, 0) is 57.8 Å². The first-order valence-corrected chi connectivity index (χ1v) is 28.1. The van der Waals surface area contributed by atoms with Crippen molar-refractivity contribution in [1.29, 1.82) is 0 Å². The summed E-state index contributed by atoms with van der Waals surface area (Å²) in [6.07, 6.45) is -8.42. The Morgan fingerprint density at radius 3 is 1.24 bits per heavy atom. The number of carbonyl (C=O) groups is 5. The van der Waals surface area contributed by atoms with Gasteiger partial charge in [0.2, 0.25) is 29.5 Å². The molecule has 0 aromatic heterocycles. The standard InChI is InChI=1S/C52H95N5O22/c1-32-43(65)46(68)36(29-58)77-50(32)74-23-10-6-14-39(61)53-18-9-5-13-35(56-42(64)17-26-73-28-27-72-4)49(71)57(21-19-54-40(62)15-7-11-24-75-51-33(2)44(66)47(69)37(30-59)78-51)22-20-55-41(63)16-8-12-25-76-52-34(3)45(67)48(70)38(31-60)79-52/h32-38,43-48,50-52,58-60,65-70H,5-31H2,1-4H3,(H,53,61)(H,54,62)(H,55,63)(H,56,64). The van der Waals surface area contributed by atoms with Crippen LogP contribution in [-0.4, -0.2) is 260 Å². The van der Waals surface area contributed by atoms with Crippen LogP contribution in [0.4, 0.5) is 0 Å². The van der Waals surface area contributed by atoms with Crippen molar-refractivity contribution in [2.24, 2.45) is 17.8 Å². The fourth-order valence-electron chi connectivity index (χ4n) is 9.11. The van der Waals surface area contributed by atoms with E-state index >= 15 is 0 Å². The molecule has 27 heteroatoms. The monoisotopic (exact) mass is 1140 g/mol. The number of nitrogens with one attached hydrogen (secondary N) is 4. The predicted octanol–water partition coefficient (Wildman–Crippen LogP) is -3.34. The normalized spacial score (nSPS) is 29.4. The number of aliphatic hydroxyl groups is 9. The minimum Gasteiger partial charge on any atom is -0.394 e. The van der Waals surface area contributed by atoms with Crippen LogP contribution < -0.4 is 21.3 Å². The fraction of sp³-hybridized carbons (Fsp3) is 0.904. The molecule has 0 bridgehead atoms. The predicted molar refractivity (Wildman–Crippen MR) is 279 cm³/mol. The Balaban J connectivity index is 1.55. The van der Waals surface area contributed by atoms with Crippen LogP contribution in [0.3, 0.4) is 0 Å². The zero-order chi connectivity index (χ0) is 58.3. The molecule has 3 aliphatic heterocycles. The molecule has 27 nitrogen and oxygen atoms in total. The Bertz CT molecular complexity index is 1660. The van der Waals surface area contributed by atoms with Gasteiger partial charge in [-0.1, -0.05) is 20.8 Å². The summed E-state index contributed by atoms with van der Waals surface area (Å²) in [5, 5.41) is 101. The number of hydrogen-bond acceptors (Lipinski definition) is 22. The molecular weight excluding hydrogens is 1050 g/mol. The number of aliphatic hydroxyl groups excluding tert-OH is 9. The summed E-state index contributed by atoms with van der Waals surface area (Å²) in [7, 11) is 1.52. The van der Waals surface area contributed by atoms with Crippen LogP contribution in [-0.2, 0) is 61.9 Å². The molecule has 3 rings (SSSR count). The molecule has 0 aromatic carbocycles. The third kappa shape index (κ3) is 25.0. The Kier molecular flexibility index (Phi) is 34.7. The number of nitrogens with zero attached hydrogens (tertiary/aromatic N) is 1. The number of methoxy groups -OCH3 is 1. The molecule has 3 saturated heterocycles. The second kappa shape index (κ2) is 39.2. The van der Waals surface area contributed by atoms with E-state index in [1.54, 1.807) is 20.8 Å². The van der Waals surface area contributed by atoms with Crippen molar-refractivity contribution in [2.75, 3.05) is 99.3 Å². The molecule has 16 atom stereocenters. The van der Waals surface area contributed by atoms with Gasteiger partial charge in [-0.25, -0.2) is 0 Å². The topological polar surface area (TPSA) is 393 Å². The lowest BCUT2D eigenvalue weighted by Crippen LogP contribution is -2.55. The van der Waals surface area contributed by atoms with Crippen molar-refractivity contribution in [2.45, 2.75) is 184 Å². The van der Waals surface area contributed by atoms with Gasteiger partial charge in [0, 0.05) is 103 Å². The highest BCUT2D eigenvalue weighted by molar-refractivity contribution is 5.88. The lowest BCUT2D eigenvalue weighted by atomic mass is 9.92. The van der Waals surface area contributed by atoms with Crippen LogP contribution in [0.1, 0.15) is 104 Å². The smallest absolute Gasteiger partial charge is 0.245 e. The van der Waals surface area contributed by atoms with Gasteiger partial charge in [-0.15, -0.1) is 0 Å². The molecule has 3 fully saturated rings. The molecule has 0 aromatic rings. The minimum absolute atomic E-state index is 0.0249. The summed E-state index contributed by atoms with van der Waals surface area (Å²) in [6.45, 7) is 5.21. The molecule has 460 valence electrons. The first kappa shape index (κ1) is 69.9. The second-order valence-electron chi connectivity index (χ2n) is 20.5. The SMILES string of the molecule is COCCOCCC(=O)NC(CCCCNC(=O)CCCCOC1OC(CO)C(O)C(O)C1C)C(=O)N(CCNC(=O)CCCCOC1OC(CO)C(O)C(O)C1C)CCNC(=O)CCCCOC1OC(CO)C(O)C(O)C1C. The lowest BCUT2D eigenvalue weighted by molar-refractivity contribution is -0.282. The van der Waals surface area contributed by atoms with E-state index in [9.17, 15) is 69.9 Å². The number of ether oxygens (including phenoxy) is 8. The molecule has 0 saturated carbocycles. The van der Waals surface area contributed by atoms with Crippen LogP contribution in [0.15, 0.2) is 0 Å². The van der Waals surface area contributed by atoms with E-state index in [0.29, 0.717) is 64.5 Å². The molecule has 5 amide bonds. The molecule has 0 radical (unpaired) electrons. The highest BCUT2D eigenvalue weighted by atomic mass is 16.7. The Morgan fingerprint density at radius 1 is 0.468 bits per heavy atom. The Labute approximate surface area is 463 Å². The van der Waals surface area contributed by atoms with Crippen LogP contribution in [0, 0.1) is 17.8 Å². The molecule has 0 aliphatic carbocycles. The zero-order valence-electron chi connectivity index (χ0n) is 46.6. The van der Waals surface area contributed by atoms with Gasteiger partial charge in [-0.2, -0.15) is 0 Å². The lowest BCUT2D eigenvalue weighted by Gasteiger charge is -2.40. The number of unbranched alkanes of at least 4 members (excludes halogenated alkanes) is 4.